The van der Waals surface area contributed by atoms with Gasteiger partial charge in [-0.2, -0.15) is 5.10 Å². The number of carbonyl (C=O) groups excluding carboxylic acids is 1. The highest BCUT2D eigenvalue weighted by atomic mass is 16.2. The van der Waals surface area contributed by atoms with Crippen LogP contribution in [0.3, 0.4) is 0 Å². The van der Waals surface area contributed by atoms with Crippen LogP contribution < -0.4 is 4.90 Å². The minimum absolute atomic E-state index is 0.147. The lowest BCUT2D eigenvalue weighted by molar-refractivity contribution is 0.219. The molecule has 0 aromatic heterocycles. The Morgan fingerprint density at radius 1 is 0.905 bits per heavy atom. The summed E-state index contributed by atoms with van der Waals surface area (Å²) >= 11 is 0. The molecule has 0 spiro atoms. The molecule has 2 amide bonds. The van der Waals surface area contributed by atoms with Crippen LogP contribution in [0.1, 0.15) is 16.7 Å². The Balaban J connectivity index is 2.28. The maximum Gasteiger partial charge on any atom is 0.344 e. The lowest BCUT2D eigenvalue weighted by Gasteiger charge is -2.19. The molecule has 4 heteroatoms. The second kappa shape index (κ2) is 5.05. The SMILES string of the molecule is Cc1ccccc1C1=NN(C)C(=O)N(C)c2ccccc21. The number of urea groups is 1. The van der Waals surface area contributed by atoms with Crippen LogP contribution in [-0.4, -0.2) is 30.8 Å². The fraction of sp³-hybridized carbons (Fsp3) is 0.176. The van der Waals surface area contributed by atoms with Crippen molar-refractivity contribution in [2.75, 3.05) is 19.0 Å². The molecule has 4 nitrogen and oxygen atoms in total. The van der Waals surface area contributed by atoms with Crippen molar-refractivity contribution in [3.05, 3.63) is 65.2 Å². The van der Waals surface area contributed by atoms with Gasteiger partial charge in [0.05, 0.1) is 5.69 Å². The molecule has 3 rings (SSSR count). The zero-order chi connectivity index (χ0) is 15.0. The van der Waals surface area contributed by atoms with Crippen molar-refractivity contribution in [3.8, 4) is 0 Å². The van der Waals surface area contributed by atoms with E-state index in [4.69, 9.17) is 0 Å². The highest BCUT2D eigenvalue weighted by Crippen LogP contribution is 2.27. The number of hydrazone groups is 1. The summed E-state index contributed by atoms with van der Waals surface area (Å²) in [6, 6.07) is 15.8. The molecule has 0 aliphatic carbocycles. The number of hydrogen-bond donors (Lipinski definition) is 0. The van der Waals surface area contributed by atoms with Gasteiger partial charge in [0.15, 0.2) is 0 Å². The Hall–Kier alpha value is -2.62. The van der Waals surface area contributed by atoms with Gasteiger partial charge in [0.25, 0.3) is 0 Å². The van der Waals surface area contributed by atoms with Gasteiger partial charge in [0.2, 0.25) is 0 Å². The number of anilines is 1. The molecule has 106 valence electrons. The van der Waals surface area contributed by atoms with E-state index in [2.05, 4.69) is 18.1 Å². The van der Waals surface area contributed by atoms with Crippen LogP contribution in [0.2, 0.25) is 0 Å². The van der Waals surface area contributed by atoms with Crippen molar-refractivity contribution in [3.63, 3.8) is 0 Å². The first-order valence-corrected chi connectivity index (χ1v) is 6.85. The van der Waals surface area contributed by atoms with Gasteiger partial charge in [-0.25, -0.2) is 9.80 Å². The molecule has 1 heterocycles. The van der Waals surface area contributed by atoms with E-state index in [-0.39, 0.29) is 6.03 Å². The summed E-state index contributed by atoms with van der Waals surface area (Å²) in [5, 5.41) is 5.93. The molecular weight excluding hydrogens is 262 g/mol. The summed E-state index contributed by atoms with van der Waals surface area (Å²) in [7, 11) is 3.46. The third-order valence-corrected chi connectivity index (χ3v) is 3.73. The number of amides is 2. The normalized spacial score (nSPS) is 14.6. The summed E-state index contributed by atoms with van der Waals surface area (Å²) in [6.45, 7) is 2.05. The van der Waals surface area contributed by atoms with Gasteiger partial charge in [0, 0.05) is 25.2 Å². The predicted octanol–water partition coefficient (Wildman–Crippen LogP) is 3.25. The van der Waals surface area contributed by atoms with Crippen molar-refractivity contribution >= 4 is 17.4 Å². The van der Waals surface area contributed by atoms with Crippen LogP contribution in [0.5, 0.6) is 0 Å². The minimum atomic E-state index is -0.147. The molecule has 0 N–H and O–H groups in total. The van der Waals surface area contributed by atoms with E-state index in [0.717, 1.165) is 28.1 Å². The monoisotopic (exact) mass is 279 g/mol. The number of para-hydroxylation sites is 1. The second-order valence-corrected chi connectivity index (χ2v) is 5.15. The lowest BCUT2D eigenvalue weighted by atomic mass is 9.97. The predicted molar refractivity (Wildman–Crippen MR) is 84.8 cm³/mol. The number of benzene rings is 2. The molecule has 21 heavy (non-hydrogen) atoms. The van der Waals surface area contributed by atoms with Crippen LogP contribution in [-0.2, 0) is 0 Å². The molecule has 1 aliphatic heterocycles. The van der Waals surface area contributed by atoms with E-state index in [0.29, 0.717) is 0 Å². The number of hydrogen-bond acceptors (Lipinski definition) is 2. The molecule has 2 aromatic carbocycles. The van der Waals surface area contributed by atoms with Crippen molar-refractivity contribution in [2.24, 2.45) is 5.10 Å². The molecule has 0 fully saturated rings. The second-order valence-electron chi connectivity index (χ2n) is 5.15. The smallest absolute Gasteiger partial charge is 0.295 e. The topological polar surface area (TPSA) is 35.9 Å². The number of carbonyl (C=O) groups is 1. The van der Waals surface area contributed by atoms with Crippen molar-refractivity contribution in [2.45, 2.75) is 6.92 Å². The molecular formula is C17H17N3O. The van der Waals surface area contributed by atoms with E-state index in [1.807, 2.05) is 42.5 Å². The average molecular weight is 279 g/mol. The quantitative estimate of drug-likeness (QED) is 0.789. The van der Waals surface area contributed by atoms with Crippen LogP contribution in [0.15, 0.2) is 53.6 Å². The highest BCUT2D eigenvalue weighted by molar-refractivity contribution is 6.19. The van der Waals surface area contributed by atoms with Gasteiger partial charge in [-0.05, 0) is 18.6 Å². The van der Waals surface area contributed by atoms with Gasteiger partial charge >= 0.3 is 6.03 Å². The number of nitrogens with zero attached hydrogens (tertiary/aromatic N) is 3. The van der Waals surface area contributed by atoms with Crippen molar-refractivity contribution in [1.82, 2.24) is 5.01 Å². The van der Waals surface area contributed by atoms with Gasteiger partial charge < -0.3 is 0 Å². The Kier molecular flexibility index (Phi) is 3.22. The fourth-order valence-corrected chi connectivity index (χ4v) is 2.57. The molecule has 0 atom stereocenters. The molecule has 0 saturated heterocycles. The number of aryl methyl sites for hydroxylation is 1. The molecule has 2 aromatic rings. The average Bonchev–Trinajstić information content (AvgIpc) is 2.59. The first-order chi connectivity index (χ1) is 10.1. The molecule has 1 aliphatic rings. The zero-order valence-corrected chi connectivity index (χ0v) is 12.4. The summed E-state index contributed by atoms with van der Waals surface area (Å²) in [4.78, 5) is 13.9. The van der Waals surface area contributed by atoms with E-state index in [1.54, 1.807) is 19.0 Å². The third-order valence-electron chi connectivity index (χ3n) is 3.73. The summed E-state index contributed by atoms with van der Waals surface area (Å²) in [6.07, 6.45) is 0. The van der Waals surface area contributed by atoms with Gasteiger partial charge in [-0.15, -0.1) is 0 Å². The summed E-state index contributed by atoms with van der Waals surface area (Å²) in [5.41, 5.74) is 4.83. The van der Waals surface area contributed by atoms with Crippen LogP contribution in [0, 0.1) is 6.92 Å². The van der Waals surface area contributed by atoms with Crippen LogP contribution in [0.25, 0.3) is 0 Å². The molecule has 0 radical (unpaired) electrons. The molecule has 0 unspecified atom stereocenters. The Morgan fingerprint density at radius 3 is 2.24 bits per heavy atom. The number of rotatable bonds is 1. The maximum atomic E-state index is 12.3. The first kappa shape index (κ1) is 13.4. The summed E-state index contributed by atoms with van der Waals surface area (Å²) in [5.74, 6) is 0. The Morgan fingerprint density at radius 2 is 1.52 bits per heavy atom. The van der Waals surface area contributed by atoms with E-state index >= 15 is 0 Å². The van der Waals surface area contributed by atoms with Gasteiger partial charge in [-0.3, -0.25) is 4.90 Å². The Bertz CT molecular complexity index is 736. The van der Waals surface area contributed by atoms with Crippen molar-refractivity contribution < 1.29 is 4.79 Å². The minimum Gasteiger partial charge on any atom is -0.295 e. The van der Waals surface area contributed by atoms with Crippen LogP contribution >= 0.6 is 0 Å². The summed E-state index contributed by atoms with van der Waals surface area (Å²) < 4.78 is 0. The largest absolute Gasteiger partial charge is 0.344 e. The standard InChI is InChI=1S/C17H17N3O/c1-12-8-4-5-9-13(12)16-14-10-6-7-11-15(14)19(2)17(21)20(3)18-16/h4-11H,1-3H3. The van der Waals surface area contributed by atoms with E-state index < -0.39 is 0 Å². The zero-order valence-electron chi connectivity index (χ0n) is 12.4. The van der Waals surface area contributed by atoms with Gasteiger partial charge in [-0.1, -0.05) is 42.5 Å². The highest BCUT2D eigenvalue weighted by Gasteiger charge is 2.25. The molecule has 0 bridgehead atoms. The first-order valence-electron chi connectivity index (χ1n) is 6.85. The lowest BCUT2D eigenvalue weighted by Crippen LogP contribution is -2.34. The Labute approximate surface area is 124 Å². The molecule has 0 saturated carbocycles. The van der Waals surface area contributed by atoms with E-state index in [1.165, 1.54) is 5.01 Å². The van der Waals surface area contributed by atoms with E-state index in [9.17, 15) is 4.79 Å². The number of fused-ring (bicyclic) bond motifs is 1. The maximum absolute atomic E-state index is 12.3. The van der Waals surface area contributed by atoms with Crippen LogP contribution in [0.4, 0.5) is 10.5 Å². The van der Waals surface area contributed by atoms with Gasteiger partial charge in [0.1, 0.15) is 5.71 Å². The fourth-order valence-electron chi connectivity index (χ4n) is 2.57. The van der Waals surface area contributed by atoms with Crippen molar-refractivity contribution in [1.29, 1.82) is 0 Å². The third kappa shape index (κ3) is 2.18.